The van der Waals surface area contributed by atoms with Crippen LogP contribution in [0.15, 0.2) is 12.2 Å². The van der Waals surface area contributed by atoms with Crippen LogP contribution in [0.5, 0.6) is 0 Å². The van der Waals surface area contributed by atoms with Gasteiger partial charge in [0, 0.05) is 13.1 Å². The lowest BCUT2D eigenvalue weighted by Crippen LogP contribution is -2.47. The van der Waals surface area contributed by atoms with E-state index in [1.807, 2.05) is 25.7 Å². The molecule has 0 aromatic heterocycles. The van der Waals surface area contributed by atoms with Crippen molar-refractivity contribution in [3.8, 4) is 0 Å². The minimum absolute atomic E-state index is 0.162. The van der Waals surface area contributed by atoms with E-state index >= 15 is 0 Å². The molecule has 1 heterocycles. The maximum Gasteiger partial charge on any atom is 0.410 e. The van der Waals surface area contributed by atoms with E-state index in [0.717, 1.165) is 38.8 Å². The first-order chi connectivity index (χ1) is 7.80. The van der Waals surface area contributed by atoms with Gasteiger partial charge in [-0.15, -0.1) is 0 Å². The Morgan fingerprint density at radius 3 is 2.24 bits per heavy atom. The molecule has 1 saturated carbocycles. The zero-order valence-electron chi connectivity index (χ0n) is 11.2. The molecule has 2 aliphatic rings. The quantitative estimate of drug-likeness (QED) is 0.605. The predicted octanol–water partition coefficient (Wildman–Crippen LogP) is 3.35. The van der Waals surface area contributed by atoms with E-state index < -0.39 is 5.60 Å². The second-order valence-electron chi connectivity index (χ2n) is 6.57. The summed E-state index contributed by atoms with van der Waals surface area (Å²) in [5.41, 5.74) is 1.45. The molecule has 1 amide bonds. The van der Waals surface area contributed by atoms with Crippen LogP contribution in [0.3, 0.4) is 0 Å². The fourth-order valence-corrected chi connectivity index (χ4v) is 2.85. The van der Waals surface area contributed by atoms with Gasteiger partial charge in [0.15, 0.2) is 0 Å². The molecule has 0 unspecified atom stereocenters. The number of piperidine rings is 1. The lowest BCUT2D eigenvalue weighted by molar-refractivity contribution is 0.00440. The summed E-state index contributed by atoms with van der Waals surface area (Å²) in [6.07, 6.45) is 4.37. The molecule has 1 spiro atoms. The van der Waals surface area contributed by atoms with Gasteiger partial charge in [0.25, 0.3) is 0 Å². The molecule has 1 aliphatic heterocycles. The normalized spacial score (nSPS) is 23.5. The number of likely N-dealkylation sites (tertiary alicyclic amines) is 1. The third-order valence-corrected chi connectivity index (χ3v) is 3.73. The highest BCUT2D eigenvalue weighted by molar-refractivity contribution is 5.68. The van der Waals surface area contributed by atoms with E-state index in [1.165, 1.54) is 5.57 Å². The van der Waals surface area contributed by atoms with Crippen LogP contribution in [0.4, 0.5) is 4.79 Å². The molecule has 0 aromatic rings. The molecule has 0 bridgehead atoms. The summed E-state index contributed by atoms with van der Waals surface area (Å²) in [6, 6.07) is 0. The van der Waals surface area contributed by atoms with Crippen LogP contribution in [0, 0.1) is 5.41 Å². The SMILES string of the molecule is C=C1CC2(CCN(C(=O)OC(C)(C)C)CC2)C1. The fraction of sp³-hybridized carbons (Fsp3) is 0.786. The highest BCUT2D eigenvalue weighted by Crippen LogP contribution is 2.51. The van der Waals surface area contributed by atoms with Gasteiger partial charge in [-0.05, 0) is 51.9 Å². The van der Waals surface area contributed by atoms with Gasteiger partial charge in [-0.3, -0.25) is 0 Å². The Balaban J connectivity index is 1.83. The van der Waals surface area contributed by atoms with Crippen molar-refractivity contribution in [2.45, 2.75) is 52.1 Å². The smallest absolute Gasteiger partial charge is 0.410 e. The summed E-state index contributed by atoms with van der Waals surface area (Å²) in [7, 11) is 0. The van der Waals surface area contributed by atoms with Gasteiger partial charge < -0.3 is 9.64 Å². The Hall–Kier alpha value is -0.990. The summed E-state index contributed by atoms with van der Waals surface area (Å²) < 4.78 is 5.39. The molecular formula is C14H23NO2. The fourth-order valence-electron chi connectivity index (χ4n) is 2.85. The van der Waals surface area contributed by atoms with E-state index in [1.54, 1.807) is 0 Å². The topological polar surface area (TPSA) is 29.5 Å². The average Bonchev–Trinajstić information content (AvgIpc) is 2.14. The molecule has 96 valence electrons. The van der Waals surface area contributed by atoms with Gasteiger partial charge in [-0.1, -0.05) is 12.2 Å². The lowest BCUT2D eigenvalue weighted by atomic mass is 9.61. The van der Waals surface area contributed by atoms with Crippen LogP contribution in [0.25, 0.3) is 0 Å². The summed E-state index contributed by atoms with van der Waals surface area (Å²) in [5, 5.41) is 0. The lowest BCUT2D eigenvalue weighted by Gasteiger charge is -2.49. The summed E-state index contributed by atoms with van der Waals surface area (Å²) in [6.45, 7) is 11.4. The monoisotopic (exact) mass is 237 g/mol. The third-order valence-electron chi connectivity index (χ3n) is 3.73. The van der Waals surface area contributed by atoms with Gasteiger partial charge in [0.05, 0.1) is 0 Å². The Labute approximate surface area is 104 Å². The van der Waals surface area contributed by atoms with Gasteiger partial charge in [0.1, 0.15) is 5.60 Å². The van der Waals surface area contributed by atoms with Crippen molar-refractivity contribution in [3.63, 3.8) is 0 Å². The van der Waals surface area contributed by atoms with E-state index in [4.69, 9.17) is 4.74 Å². The van der Waals surface area contributed by atoms with E-state index in [0.29, 0.717) is 5.41 Å². The van der Waals surface area contributed by atoms with Crippen molar-refractivity contribution in [2.24, 2.45) is 5.41 Å². The van der Waals surface area contributed by atoms with E-state index in [9.17, 15) is 4.79 Å². The van der Waals surface area contributed by atoms with Crippen molar-refractivity contribution in [1.82, 2.24) is 4.90 Å². The Morgan fingerprint density at radius 2 is 1.82 bits per heavy atom. The summed E-state index contributed by atoms with van der Waals surface area (Å²) >= 11 is 0. The minimum atomic E-state index is -0.392. The molecule has 0 N–H and O–H groups in total. The Morgan fingerprint density at radius 1 is 1.29 bits per heavy atom. The molecule has 0 aromatic carbocycles. The Kier molecular flexibility index (Phi) is 2.96. The van der Waals surface area contributed by atoms with Crippen LogP contribution < -0.4 is 0 Å². The van der Waals surface area contributed by atoms with Crippen molar-refractivity contribution < 1.29 is 9.53 Å². The number of rotatable bonds is 0. The minimum Gasteiger partial charge on any atom is -0.444 e. The first-order valence-corrected chi connectivity index (χ1v) is 6.44. The standard InChI is InChI=1S/C14H23NO2/c1-11-9-14(10-11)5-7-15(8-6-14)12(16)17-13(2,3)4/h1,5-10H2,2-4H3. The highest BCUT2D eigenvalue weighted by atomic mass is 16.6. The number of carbonyl (C=O) groups is 1. The van der Waals surface area contributed by atoms with E-state index in [-0.39, 0.29) is 6.09 Å². The Bertz CT molecular complexity index is 323. The maximum absolute atomic E-state index is 11.9. The number of hydrogen-bond acceptors (Lipinski definition) is 2. The second-order valence-corrected chi connectivity index (χ2v) is 6.57. The number of nitrogens with zero attached hydrogens (tertiary/aromatic N) is 1. The molecule has 1 saturated heterocycles. The van der Waals surface area contributed by atoms with Crippen molar-refractivity contribution in [1.29, 1.82) is 0 Å². The number of carbonyl (C=O) groups excluding carboxylic acids is 1. The van der Waals surface area contributed by atoms with Gasteiger partial charge in [0.2, 0.25) is 0 Å². The number of ether oxygens (including phenoxy) is 1. The zero-order chi connectivity index (χ0) is 12.7. The number of hydrogen-bond donors (Lipinski definition) is 0. The molecule has 3 heteroatoms. The molecular weight excluding hydrogens is 214 g/mol. The molecule has 0 radical (unpaired) electrons. The van der Waals surface area contributed by atoms with E-state index in [2.05, 4.69) is 6.58 Å². The predicted molar refractivity (Wildman–Crippen MR) is 67.8 cm³/mol. The van der Waals surface area contributed by atoms with Gasteiger partial charge >= 0.3 is 6.09 Å². The maximum atomic E-state index is 11.9. The molecule has 2 rings (SSSR count). The number of allylic oxidation sites excluding steroid dienone is 1. The first kappa shape index (κ1) is 12.5. The van der Waals surface area contributed by atoms with Crippen LogP contribution in [0.1, 0.15) is 46.5 Å². The second kappa shape index (κ2) is 4.04. The van der Waals surface area contributed by atoms with Crippen molar-refractivity contribution >= 4 is 6.09 Å². The van der Waals surface area contributed by atoms with Gasteiger partial charge in [-0.2, -0.15) is 0 Å². The van der Waals surface area contributed by atoms with Crippen LogP contribution in [-0.2, 0) is 4.74 Å². The molecule has 0 atom stereocenters. The van der Waals surface area contributed by atoms with Crippen LogP contribution >= 0.6 is 0 Å². The van der Waals surface area contributed by atoms with Crippen molar-refractivity contribution in [3.05, 3.63) is 12.2 Å². The molecule has 2 fully saturated rings. The highest BCUT2D eigenvalue weighted by Gasteiger charge is 2.43. The molecule has 1 aliphatic carbocycles. The average molecular weight is 237 g/mol. The van der Waals surface area contributed by atoms with Crippen LogP contribution in [0.2, 0.25) is 0 Å². The summed E-state index contributed by atoms with van der Waals surface area (Å²) in [4.78, 5) is 13.7. The third kappa shape index (κ3) is 2.82. The number of amides is 1. The largest absolute Gasteiger partial charge is 0.444 e. The molecule has 3 nitrogen and oxygen atoms in total. The molecule has 17 heavy (non-hydrogen) atoms. The zero-order valence-corrected chi connectivity index (χ0v) is 11.2. The van der Waals surface area contributed by atoms with Crippen molar-refractivity contribution in [2.75, 3.05) is 13.1 Å². The first-order valence-electron chi connectivity index (χ1n) is 6.44. The summed E-state index contributed by atoms with van der Waals surface area (Å²) in [5.74, 6) is 0. The van der Waals surface area contributed by atoms with Gasteiger partial charge in [-0.25, -0.2) is 4.79 Å². The van der Waals surface area contributed by atoms with Crippen LogP contribution in [-0.4, -0.2) is 29.7 Å².